The number of carbonyl (C=O) groups excluding carboxylic acids is 1. The molecule has 0 saturated heterocycles. The molecule has 1 rings (SSSR count). The highest BCUT2D eigenvalue weighted by Crippen LogP contribution is 2.13. The zero-order chi connectivity index (χ0) is 17.4. The third-order valence-corrected chi connectivity index (χ3v) is 3.97. The van der Waals surface area contributed by atoms with E-state index in [1.165, 1.54) is 0 Å². The van der Waals surface area contributed by atoms with E-state index in [9.17, 15) is 14.7 Å². The molecule has 0 aromatic carbocycles. The first kappa shape index (κ1) is 19.2. The van der Waals surface area contributed by atoms with Crippen molar-refractivity contribution in [3.8, 4) is 0 Å². The Kier molecular flexibility index (Phi) is 7.81. The second-order valence-corrected chi connectivity index (χ2v) is 6.03. The molecule has 0 bridgehead atoms. The van der Waals surface area contributed by atoms with Crippen LogP contribution < -0.4 is 5.32 Å². The number of hydrogen-bond donors (Lipinski definition) is 2. The minimum absolute atomic E-state index is 0.147. The van der Waals surface area contributed by atoms with Gasteiger partial charge in [0.15, 0.2) is 5.76 Å². The summed E-state index contributed by atoms with van der Waals surface area (Å²) in [5.41, 5.74) is 0. The van der Waals surface area contributed by atoms with Gasteiger partial charge in [0.25, 0.3) is 5.91 Å². The van der Waals surface area contributed by atoms with Gasteiger partial charge in [-0.15, -0.1) is 0 Å². The van der Waals surface area contributed by atoms with Crippen LogP contribution in [0.1, 0.15) is 56.3 Å². The first-order valence-corrected chi connectivity index (χ1v) is 8.19. The lowest BCUT2D eigenvalue weighted by Gasteiger charge is -2.19. The molecule has 6 nitrogen and oxygen atoms in total. The van der Waals surface area contributed by atoms with E-state index >= 15 is 0 Å². The Morgan fingerprint density at radius 2 is 2.04 bits per heavy atom. The number of unbranched alkanes of at least 4 members (excludes halogenated alkanes) is 1. The van der Waals surface area contributed by atoms with Crippen molar-refractivity contribution in [1.82, 2.24) is 10.2 Å². The quantitative estimate of drug-likeness (QED) is 0.691. The zero-order valence-corrected chi connectivity index (χ0v) is 14.5. The fraction of sp³-hybridized carbons (Fsp3) is 0.647. The van der Waals surface area contributed by atoms with Crippen LogP contribution >= 0.6 is 0 Å². The molecule has 0 saturated carbocycles. The maximum atomic E-state index is 12.2. The molecular formula is C17H28N2O4. The lowest BCUT2D eigenvalue weighted by Crippen LogP contribution is -2.44. The number of carboxylic acids is 1. The number of nitrogens with one attached hydrogen (secondary N) is 1. The standard InChI is InChI=1S/C17H28N2O4/c1-5-7-10-19(4)11-13-8-9-14(23-13)16(20)18-15(17(21)22)12(3)6-2/h8-9,12,15H,5-7,10-11H2,1-4H3,(H,18,20)(H,21,22). The lowest BCUT2D eigenvalue weighted by molar-refractivity contribution is -0.140. The number of carboxylic acid groups (broad SMARTS) is 1. The Morgan fingerprint density at radius 3 is 2.61 bits per heavy atom. The highest BCUT2D eigenvalue weighted by Gasteiger charge is 2.26. The molecule has 1 aromatic heterocycles. The van der Waals surface area contributed by atoms with Gasteiger partial charge in [0.05, 0.1) is 6.54 Å². The molecule has 0 spiro atoms. The van der Waals surface area contributed by atoms with E-state index in [-0.39, 0.29) is 11.7 Å². The molecule has 130 valence electrons. The maximum Gasteiger partial charge on any atom is 0.326 e. The number of nitrogens with zero attached hydrogens (tertiary/aromatic N) is 1. The van der Waals surface area contributed by atoms with E-state index in [0.717, 1.165) is 19.4 Å². The normalized spacial score (nSPS) is 13.8. The molecule has 2 unspecified atom stereocenters. The summed E-state index contributed by atoms with van der Waals surface area (Å²) >= 11 is 0. The van der Waals surface area contributed by atoms with Crippen LogP contribution in [0.3, 0.4) is 0 Å². The molecular weight excluding hydrogens is 296 g/mol. The van der Waals surface area contributed by atoms with Gasteiger partial charge in [-0.25, -0.2) is 4.79 Å². The number of hydrogen-bond acceptors (Lipinski definition) is 4. The first-order valence-electron chi connectivity index (χ1n) is 8.19. The number of aliphatic carboxylic acids is 1. The van der Waals surface area contributed by atoms with Gasteiger partial charge in [0.2, 0.25) is 0 Å². The lowest BCUT2D eigenvalue weighted by atomic mass is 9.99. The third-order valence-electron chi connectivity index (χ3n) is 3.97. The van der Waals surface area contributed by atoms with Crippen LogP contribution in [-0.2, 0) is 11.3 Å². The zero-order valence-electron chi connectivity index (χ0n) is 14.5. The van der Waals surface area contributed by atoms with E-state index in [1.54, 1.807) is 19.1 Å². The van der Waals surface area contributed by atoms with E-state index in [2.05, 4.69) is 17.1 Å². The molecule has 1 aromatic rings. The van der Waals surface area contributed by atoms with Gasteiger partial charge in [-0.1, -0.05) is 33.6 Å². The van der Waals surface area contributed by atoms with E-state index in [1.807, 2.05) is 14.0 Å². The minimum atomic E-state index is -1.03. The van der Waals surface area contributed by atoms with Crippen LogP contribution in [0.5, 0.6) is 0 Å². The van der Waals surface area contributed by atoms with Gasteiger partial charge in [-0.2, -0.15) is 0 Å². The fourth-order valence-electron chi connectivity index (χ4n) is 2.25. The fourth-order valence-corrected chi connectivity index (χ4v) is 2.25. The molecule has 1 amide bonds. The number of carbonyl (C=O) groups is 2. The van der Waals surface area contributed by atoms with Crippen LogP contribution in [0.2, 0.25) is 0 Å². The average molecular weight is 324 g/mol. The Hall–Kier alpha value is -1.82. The summed E-state index contributed by atoms with van der Waals surface area (Å²) in [6, 6.07) is 2.44. The van der Waals surface area contributed by atoms with Crippen LogP contribution in [0.25, 0.3) is 0 Å². The largest absolute Gasteiger partial charge is 0.480 e. The molecule has 23 heavy (non-hydrogen) atoms. The summed E-state index contributed by atoms with van der Waals surface area (Å²) in [6.45, 7) is 7.42. The molecule has 0 aliphatic carbocycles. The smallest absolute Gasteiger partial charge is 0.326 e. The Balaban J connectivity index is 2.65. The van der Waals surface area contributed by atoms with Crippen LogP contribution in [-0.4, -0.2) is 41.5 Å². The Labute approximate surface area is 137 Å². The molecule has 0 fully saturated rings. The molecule has 0 aliphatic rings. The van der Waals surface area contributed by atoms with E-state index in [0.29, 0.717) is 18.7 Å². The SMILES string of the molecule is CCCCN(C)Cc1ccc(C(=O)NC(C(=O)O)C(C)CC)o1. The molecule has 2 atom stereocenters. The monoisotopic (exact) mass is 324 g/mol. The van der Waals surface area contributed by atoms with Crippen molar-refractivity contribution in [3.05, 3.63) is 23.7 Å². The summed E-state index contributed by atoms with van der Waals surface area (Å²) in [4.78, 5) is 25.6. The van der Waals surface area contributed by atoms with Crippen molar-refractivity contribution in [2.75, 3.05) is 13.6 Å². The van der Waals surface area contributed by atoms with Gasteiger partial charge in [0.1, 0.15) is 11.8 Å². The van der Waals surface area contributed by atoms with Crippen molar-refractivity contribution < 1.29 is 19.1 Å². The van der Waals surface area contributed by atoms with Crippen molar-refractivity contribution in [2.45, 2.75) is 52.6 Å². The summed E-state index contributed by atoms with van der Waals surface area (Å²) in [5.74, 6) is -0.812. The van der Waals surface area contributed by atoms with E-state index in [4.69, 9.17) is 4.42 Å². The minimum Gasteiger partial charge on any atom is -0.480 e. The average Bonchev–Trinajstić information content (AvgIpc) is 2.97. The summed E-state index contributed by atoms with van der Waals surface area (Å²) < 4.78 is 5.54. The molecule has 0 radical (unpaired) electrons. The maximum absolute atomic E-state index is 12.2. The number of rotatable bonds is 10. The number of furan rings is 1. The van der Waals surface area contributed by atoms with Crippen LogP contribution in [0.4, 0.5) is 0 Å². The summed E-state index contributed by atoms with van der Waals surface area (Å²) in [6.07, 6.45) is 2.91. The van der Waals surface area contributed by atoms with Crippen molar-refractivity contribution >= 4 is 11.9 Å². The van der Waals surface area contributed by atoms with Crippen molar-refractivity contribution in [2.24, 2.45) is 5.92 Å². The van der Waals surface area contributed by atoms with Crippen molar-refractivity contribution in [1.29, 1.82) is 0 Å². The second-order valence-electron chi connectivity index (χ2n) is 6.03. The van der Waals surface area contributed by atoms with Gasteiger partial charge in [-0.05, 0) is 38.1 Å². The van der Waals surface area contributed by atoms with Gasteiger partial charge >= 0.3 is 5.97 Å². The highest BCUT2D eigenvalue weighted by molar-refractivity contribution is 5.94. The Bertz CT molecular complexity index is 512. The Morgan fingerprint density at radius 1 is 1.35 bits per heavy atom. The number of amides is 1. The van der Waals surface area contributed by atoms with Gasteiger partial charge < -0.3 is 14.8 Å². The van der Waals surface area contributed by atoms with Crippen LogP contribution in [0, 0.1) is 5.92 Å². The molecule has 2 N–H and O–H groups in total. The van der Waals surface area contributed by atoms with Gasteiger partial charge in [-0.3, -0.25) is 9.69 Å². The van der Waals surface area contributed by atoms with Crippen LogP contribution in [0.15, 0.2) is 16.5 Å². The topological polar surface area (TPSA) is 82.8 Å². The molecule has 1 heterocycles. The highest BCUT2D eigenvalue weighted by atomic mass is 16.4. The van der Waals surface area contributed by atoms with Gasteiger partial charge in [0, 0.05) is 0 Å². The second kappa shape index (κ2) is 9.35. The molecule has 0 aliphatic heterocycles. The third kappa shape index (κ3) is 6.06. The summed E-state index contributed by atoms with van der Waals surface area (Å²) in [7, 11) is 2.00. The van der Waals surface area contributed by atoms with Crippen molar-refractivity contribution in [3.63, 3.8) is 0 Å². The first-order chi connectivity index (χ1) is 10.9. The van der Waals surface area contributed by atoms with E-state index < -0.39 is 17.9 Å². The molecule has 6 heteroatoms. The predicted octanol–water partition coefficient (Wildman–Crippen LogP) is 2.74. The predicted molar refractivity (Wildman–Crippen MR) is 88.3 cm³/mol. The summed E-state index contributed by atoms with van der Waals surface area (Å²) in [5, 5.41) is 11.8.